The first kappa shape index (κ1) is 13.9. The Labute approximate surface area is 127 Å². The van der Waals surface area contributed by atoms with Gasteiger partial charge in [-0.05, 0) is 36.6 Å². The maximum absolute atomic E-state index is 12.6. The van der Waals surface area contributed by atoms with Gasteiger partial charge in [-0.15, -0.1) is 0 Å². The molecule has 3 rings (SSSR count). The summed E-state index contributed by atoms with van der Waals surface area (Å²) in [7, 11) is 0. The van der Waals surface area contributed by atoms with Gasteiger partial charge in [0.2, 0.25) is 5.56 Å². The number of pyridine rings is 1. The molecule has 0 saturated heterocycles. The zero-order valence-electron chi connectivity index (χ0n) is 11.4. The number of nitrogens with zero attached hydrogens (tertiary/aromatic N) is 1. The fourth-order valence-corrected chi connectivity index (χ4v) is 2.39. The number of hydrogen-bond donors (Lipinski definition) is 1. The van der Waals surface area contributed by atoms with Crippen molar-refractivity contribution in [2.75, 3.05) is 0 Å². The largest absolute Gasteiger partial charge is 0.330 e. The van der Waals surface area contributed by atoms with Crippen molar-refractivity contribution in [2.24, 2.45) is 0 Å². The van der Waals surface area contributed by atoms with E-state index in [0.29, 0.717) is 17.3 Å². The molecule has 1 aliphatic carbocycles. The molecule has 1 aliphatic rings. The molecule has 0 bridgehead atoms. The van der Waals surface area contributed by atoms with Crippen molar-refractivity contribution in [3.05, 3.63) is 69.1 Å². The molecule has 1 saturated carbocycles. The van der Waals surface area contributed by atoms with Gasteiger partial charge in [0.15, 0.2) is 0 Å². The molecule has 0 radical (unpaired) electrons. The van der Waals surface area contributed by atoms with Crippen LogP contribution in [0.25, 0.3) is 0 Å². The first-order chi connectivity index (χ1) is 10.1. The summed E-state index contributed by atoms with van der Waals surface area (Å²) in [5.74, 6) is -0.134. The van der Waals surface area contributed by atoms with Crippen molar-refractivity contribution >= 4 is 17.5 Å². The van der Waals surface area contributed by atoms with Gasteiger partial charge in [-0.25, -0.2) is 0 Å². The van der Waals surface area contributed by atoms with Crippen LogP contribution in [0.2, 0.25) is 5.02 Å². The minimum Gasteiger partial charge on any atom is -0.330 e. The van der Waals surface area contributed by atoms with Crippen molar-refractivity contribution in [1.82, 2.24) is 9.88 Å². The lowest BCUT2D eigenvalue weighted by Crippen LogP contribution is -2.34. The van der Waals surface area contributed by atoms with E-state index in [2.05, 4.69) is 4.98 Å². The highest BCUT2D eigenvalue weighted by Gasteiger charge is 2.33. The smallest absolute Gasteiger partial charge is 0.270 e. The first-order valence-corrected chi connectivity index (χ1v) is 7.26. The number of hydrogen-bond acceptors (Lipinski definition) is 2. The zero-order chi connectivity index (χ0) is 14.8. The fraction of sp³-hybridized carbons (Fsp3) is 0.250. The van der Waals surface area contributed by atoms with Crippen LogP contribution < -0.4 is 5.56 Å². The summed E-state index contributed by atoms with van der Waals surface area (Å²) in [6.07, 6.45) is 2.02. The molecule has 4 nitrogen and oxygen atoms in total. The summed E-state index contributed by atoms with van der Waals surface area (Å²) in [6.45, 7) is 0.525. The number of nitrogens with one attached hydrogen (secondary N) is 1. The molecule has 0 spiro atoms. The molecule has 0 unspecified atom stereocenters. The number of carbonyl (C=O) groups excluding carboxylic acids is 1. The molecule has 0 aliphatic heterocycles. The van der Waals surface area contributed by atoms with Crippen LogP contribution in [0.1, 0.15) is 28.9 Å². The van der Waals surface area contributed by atoms with Crippen molar-refractivity contribution in [3.8, 4) is 0 Å². The van der Waals surface area contributed by atoms with E-state index >= 15 is 0 Å². The van der Waals surface area contributed by atoms with Crippen molar-refractivity contribution in [2.45, 2.75) is 25.4 Å². The zero-order valence-corrected chi connectivity index (χ0v) is 12.1. The monoisotopic (exact) mass is 302 g/mol. The van der Waals surface area contributed by atoms with E-state index in [0.717, 1.165) is 18.4 Å². The number of H-pyrrole nitrogens is 1. The first-order valence-electron chi connectivity index (χ1n) is 6.88. The molecule has 1 N–H and O–H groups in total. The van der Waals surface area contributed by atoms with Gasteiger partial charge in [-0.1, -0.05) is 29.8 Å². The number of aromatic amines is 1. The quantitative estimate of drug-likeness (QED) is 0.944. The summed E-state index contributed by atoms with van der Waals surface area (Å²) in [5, 5.41) is 0.676. The van der Waals surface area contributed by atoms with Gasteiger partial charge < -0.3 is 9.88 Å². The number of benzene rings is 1. The average molecular weight is 303 g/mol. The maximum Gasteiger partial charge on any atom is 0.270 e. The van der Waals surface area contributed by atoms with Crippen LogP contribution in [0.4, 0.5) is 0 Å². The molecular weight excluding hydrogens is 288 g/mol. The van der Waals surface area contributed by atoms with Crippen LogP contribution in [0, 0.1) is 0 Å². The Hall–Kier alpha value is -2.07. The third-order valence-corrected chi connectivity index (χ3v) is 3.77. The third kappa shape index (κ3) is 3.34. The number of amides is 1. The minimum absolute atomic E-state index is 0.134. The normalized spacial score (nSPS) is 14.0. The molecule has 1 amide bonds. The van der Waals surface area contributed by atoms with Gasteiger partial charge >= 0.3 is 0 Å². The summed E-state index contributed by atoms with van der Waals surface area (Å²) in [4.78, 5) is 28.3. The molecule has 1 heterocycles. The molecule has 1 fully saturated rings. The van der Waals surface area contributed by atoms with E-state index in [-0.39, 0.29) is 17.5 Å². The number of aromatic nitrogens is 1. The lowest BCUT2D eigenvalue weighted by molar-refractivity contribution is 0.0723. The highest BCUT2D eigenvalue weighted by molar-refractivity contribution is 6.30. The predicted molar refractivity (Wildman–Crippen MR) is 81.4 cm³/mol. The van der Waals surface area contributed by atoms with Gasteiger partial charge in [0.25, 0.3) is 5.91 Å². The summed E-state index contributed by atoms with van der Waals surface area (Å²) < 4.78 is 0. The van der Waals surface area contributed by atoms with E-state index < -0.39 is 0 Å². The summed E-state index contributed by atoms with van der Waals surface area (Å²) in [6, 6.07) is 12.4. The Morgan fingerprint density at radius 3 is 2.52 bits per heavy atom. The van der Waals surface area contributed by atoms with Crippen LogP contribution in [0.5, 0.6) is 0 Å². The van der Waals surface area contributed by atoms with Crippen LogP contribution in [0.3, 0.4) is 0 Å². The van der Waals surface area contributed by atoms with E-state index in [4.69, 9.17) is 11.6 Å². The maximum atomic E-state index is 12.6. The summed E-state index contributed by atoms with van der Waals surface area (Å²) >= 11 is 5.88. The highest BCUT2D eigenvalue weighted by atomic mass is 35.5. The standard InChI is InChI=1S/C16H15ClN2O2/c17-12-6-4-11(5-7-12)10-19(13-8-9-13)16(21)14-2-1-3-15(20)18-14/h1-7,13H,8-10H2,(H,18,20). The number of carbonyl (C=O) groups is 1. The van der Waals surface area contributed by atoms with Crippen molar-refractivity contribution < 1.29 is 4.79 Å². The molecule has 108 valence electrons. The topological polar surface area (TPSA) is 53.2 Å². The van der Waals surface area contributed by atoms with Gasteiger partial charge in [0, 0.05) is 23.7 Å². The Kier molecular flexibility index (Phi) is 3.80. The lowest BCUT2D eigenvalue weighted by atomic mass is 10.2. The minimum atomic E-state index is -0.261. The van der Waals surface area contributed by atoms with Gasteiger partial charge in [0.05, 0.1) is 0 Å². The molecule has 1 aromatic heterocycles. The van der Waals surface area contributed by atoms with Gasteiger partial charge in [0.1, 0.15) is 5.69 Å². The Morgan fingerprint density at radius 2 is 1.90 bits per heavy atom. The van der Waals surface area contributed by atoms with E-state index in [1.54, 1.807) is 12.1 Å². The summed E-state index contributed by atoms with van der Waals surface area (Å²) in [5.41, 5.74) is 1.10. The number of halogens is 1. The molecule has 2 aromatic rings. The second kappa shape index (κ2) is 5.74. The fourth-order valence-electron chi connectivity index (χ4n) is 2.27. The molecular formula is C16H15ClN2O2. The predicted octanol–water partition coefficient (Wildman–Crippen LogP) is 2.83. The van der Waals surface area contributed by atoms with E-state index in [1.807, 2.05) is 29.2 Å². The SMILES string of the molecule is O=C(c1cccc(=O)[nH]1)N(Cc1ccc(Cl)cc1)C1CC1. The molecule has 5 heteroatoms. The van der Waals surface area contributed by atoms with Crippen LogP contribution in [0.15, 0.2) is 47.3 Å². The Balaban J connectivity index is 1.83. The van der Waals surface area contributed by atoms with Crippen molar-refractivity contribution in [1.29, 1.82) is 0 Å². The Morgan fingerprint density at radius 1 is 1.19 bits per heavy atom. The van der Waals surface area contributed by atoms with Crippen LogP contribution in [-0.4, -0.2) is 21.8 Å². The number of rotatable bonds is 4. The van der Waals surface area contributed by atoms with Crippen LogP contribution >= 0.6 is 11.6 Å². The van der Waals surface area contributed by atoms with E-state index in [9.17, 15) is 9.59 Å². The molecule has 0 atom stereocenters. The molecule has 21 heavy (non-hydrogen) atoms. The average Bonchev–Trinajstić information content (AvgIpc) is 3.30. The third-order valence-electron chi connectivity index (χ3n) is 3.51. The second-order valence-electron chi connectivity index (χ2n) is 5.22. The van der Waals surface area contributed by atoms with Gasteiger partial charge in [-0.3, -0.25) is 9.59 Å². The van der Waals surface area contributed by atoms with Crippen molar-refractivity contribution in [3.63, 3.8) is 0 Å². The van der Waals surface area contributed by atoms with Gasteiger partial charge in [-0.2, -0.15) is 0 Å². The van der Waals surface area contributed by atoms with Crippen LogP contribution in [-0.2, 0) is 6.54 Å². The lowest BCUT2D eigenvalue weighted by Gasteiger charge is -2.22. The Bertz CT molecular complexity index is 705. The molecule has 1 aromatic carbocycles. The highest BCUT2D eigenvalue weighted by Crippen LogP contribution is 2.29. The second-order valence-corrected chi connectivity index (χ2v) is 5.66. The van der Waals surface area contributed by atoms with E-state index in [1.165, 1.54) is 6.07 Å².